The molecule has 0 spiro atoms. The number of hydrogen-bond donors (Lipinski definition) is 2. The standard InChI is InChI=1S/C17H19N3O3S/c1-21-14-6-4-13(5-7-14)19-17(24)20-18-11-12-10-15(22-2)8-9-16(12)23-3/h4-11H,1-3H3,(H2,19,20,24)/b18-11-. The van der Waals surface area contributed by atoms with Gasteiger partial charge in [-0.25, -0.2) is 0 Å². The Hall–Kier alpha value is -2.80. The first-order valence-corrected chi connectivity index (χ1v) is 7.53. The van der Waals surface area contributed by atoms with E-state index in [0.29, 0.717) is 10.9 Å². The number of rotatable bonds is 6. The summed E-state index contributed by atoms with van der Waals surface area (Å²) in [5.74, 6) is 2.19. The molecule has 0 bridgehead atoms. The van der Waals surface area contributed by atoms with Gasteiger partial charge < -0.3 is 19.5 Å². The molecule has 0 aromatic heterocycles. The average Bonchev–Trinajstić information content (AvgIpc) is 2.62. The lowest BCUT2D eigenvalue weighted by Crippen LogP contribution is -2.23. The highest BCUT2D eigenvalue weighted by molar-refractivity contribution is 7.80. The number of thiocarbonyl (C=S) groups is 1. The van der Waals surface area contributed by atoms with Crippen LogP contribution in [0.2, 0.25) is 0 Å². The van der Waals surface area contributed by atoms with E-state index in [-0.39, 0.29) is 0 Å². The second-order valence-corrected chi connectivity index (χ2v) is 5.07. The molecular weight excluding hydrogens is 326 g/mol. The number of methoxy groups -OCH3 is 3. The van der Waals surface area contributed by atoms with Crippen LogP contribution in [0.4, 0.5) is 5.69 Å². The molecule has 2 N–H and O–H groups in total. The summed E-state index contributed by atoms with van der Waals surface area (Å²) >= 11 is 5.20. The van der Waals surface area contributed by atoms with E-state index >= 15 is 0 Å². The van der Waals surface area contributed by atoms with E-state index in [1.807, 2.05) is 42.5 Å². The van der Waals surface area contributed by atoms with Gasteiger partial charge in [-0.1, -0.05) is 0 Å². The molecule has 0 fully saturated rings. The highest BCUT2D eigenvalue weighted by Gasteiger charge is 2.03. The molecule has 0 radical (unpaired) electrons. The summed E-state index contributed by atoms with van der Waals surface area (Å²) in [6, 6.07) is 12.9. The lowest BCUT2D eigenvalue weighted by Gasteiger charge is -2.09. The smallest absolute Gasteiger partial charge is 0.191 e. The van der Waals surface area contributed by atoms with E-state index in [1.165, 1.54) is 0 Å². The predicted octanol–water partition coefficient (Wildman–Crippen LogP) is 3.03. The molecule has 126 valence electrons. The van der Waals surface area contributed by atoms with E-state index in [1.54, 1.807) is 27.5 Å². The molecule has 0 saturated carbocycles. The third-order valence-electron chi connectivity index (χ3n) is 3.15. The molecule has 0 atom stereocenters. The minimum absolute atomic E-state index is 0.373. The lowest BCUT2D eigenvalue weighted by atomic mass is 10.2. The molecule has 0 aliphatic rings. The molecule has 0 saturated heterocycles. The fraction of sp³-hybridized carbons (Fsp3) is 0.176. The molecule has 0 amide bonds. The van der Waals surface area contributed by atoms with Crippen molar-refractivity contribution in [1.29, 1.82) is 0 Å². The van der Waals surface area contributed by atoms with Gasteiger partial charge in [-0.2, -0.15) is 5.10 Å². The van der Waals surface area contributed by atoms with Gasteiger partial charge in [0.25, 0.3) is 0 Å². The molecule has 0 aliphatic carbocycles. The number of nitrogens with zero attached hydrogens (tertiary/aromatic N) is 1. The highest BCUT2D eigenvalue weighted by atomic mass is 32.1. The van der Waals surface area contributed by atoms with Crippen LogP contribution in [0, 0.1) is 0 Å². The zero-order valence-corrected chi connectivity index (χ0v) is 14.5. The third-order valence-corrected chi connectivity index (χ3v) is 3.35. The first kappa shape index (κ1) is 17.6. The molecule has 6 nitrogen and oxygen atoms in total. The van der Waals surface area contributed by atoms with Crippen LogP contribution < -0.4 is 25.0 Å². The number of anilines is 1. The maximum absolute atomic E-state index is 5.28. The van der Waals surface area contributed by atoms with Gasteiger partial charge in [0.15, 0.2) is 5.11 Å². The number of nitrogens with one attached hydrogen (secondary N) is 2. The van der Waals surface area contributed by atoms with Crippen molar-refractivity contribution in [3.8, 4) is 17.2 Å². The Kier molecular flexibility index (Phi) is 6.39. The van der Waals surface area contributed by atoms with Crippen molar-refractivity contribution >= 4 is 29.2 Å². The van der Waals surface area contributed by atoms with Crippen LogP contribution in [0.1, 0.15) is 5.56 Å². The Morgan fingerprint density at radius 3 is 2.25 bits per heavy atom. The molecular formula is C17H19N3O3S. The summed E-state index contributed by atoms with van der Waals surface area (Å²) in [5, 5.41) is 7.52. The Balaban J connectivity index is 1.96. The van der Waals surface area contributed by atoms with Crippen LogP contribution in [0.5, 0.6) is 17.2 Å². The number of ether oxygens (including phenoxy) is 3. The summed E-state index contributed by atoms with van der Waals surface area (Å²) in [7, 11) is 4.83. The SMILES string of the molecule is COc1ccc(NC(=S)N/N=C\c2cc(OC)ccc2OC)cc1. The number of hydrogen-bond acceptors (Lipinski definition) is 5. The van der Waals surface area contributed by atoms with Crippen LogP contribution in [0.25, 0.3) is 0 Å². The summed E-state index contributed by atoms with van der Waals surface area (Å²) in [6.45, 7) is 0. The molecule has 0 unspecified atom stereocenters. The van der Waals surface area contributed by atoms with E-state index in [4.69, 9.17) is 26.4 Å². The maximum Gasteiger partial charge on any atom is 0.191 e. The zero-order valence-electron chi connectivity index (χ0n) is 13.7. The molecule has 0 aliphatic heterocycles. The van der Waals surface area contributed by atoms with Crippen LogP contribution >= 0.6 is 12.2 Å². The van der Waals surface area contributed by atoms with Crippen molar-refractivity contribution in [3.05, 3.63) is 48.0 Å². The van der Waals surface area contributed by atoms with Crippen LogP contribution in [0.3, 0.4) is 0 Å². The van der Waals surface area contributed by atoms with Crippen molar-refractivity contribution in [3.63, 3.8) is 0 Å². The highest BCUT2D eigenvalue weighted by Crippen LogP contribution is 2.22. The Labute approximate surface area is 146 Å². The van der Waals surface area contributed by atoms with Crippen molar-refractivity contribution < 1.29 is 14.2 Å². The monoisotopic (exact) mass is 345 g/mol. The third kappa shape index (κ3) is 4.85. The van der Waals surface area contributed by atoms with Gasteiger partial charge in [-0.3, -0.25) is 5.43 Å². The molecule has 0 heterocycles. The van der Waals surface area contributed by atoms with Gasteiger partial charge in [0, 0.05) is 11.3 Å². The van der Waals surface area contributed by atoms with Crippen molar-refractivity contribution in [2.45, 2.75) is 0 Å². The summed E-state index contributed by atoms with van der Waals surface area (Å²) in [5.41, 5.74) is 4.37. The number of benzene rings is 2. The second kappa shape index (κ2) is 8.73. The quantitative estimate of drug-likeness (QED) is 0.477. The first-order valence-electron chi connectivity index (χ1n) is 7.12. The van der Waals surface area contributed by atoms with Gasteiger partial charge in [-0.15, -0.1) is 0 Å². The molecule has 2 aromatic rings. The molecule has 2 rings (SSSR count). The van der Waals surface area contributed by atoms with Gasteiger partial charge in [0.2, 0.25) is 0 Å². The molecule has 2 aromatic carbocycles. The van der Waals surface area contributed by atoms with E-state index in [9.17, 15) is 0 Å². The van der Waals surface area contributed by atoms with Crippen molar-refractivity contribution in [2.75, 3.05) is 26.6 Å². The fourth-order valence-corrected chi connectivity index (χ4v) is 2.10. The summed E-state index contributed by atoms with van der Waals surface area (Å²) < 4.78 is 15.6. The lowest BCUT2D eigenvalue weighted by molar-refractivity contribution is 0.402. The summed E-state index contributed by atoms with van der Waals surface area (Å²) in [6.07, 6.45) is 1.61. The van der Waals surface area contributed by atoms with Gasteiger partial charge in [0.1, 0.15) is 17.2 Å². The maximum atomic E-state index is 5.28. The fourth-order valence-electron chi connectivity index (χ4n) is 1.93. The minimum atomic E-state index is 0.373. The molecule has 24 heavy (non-hydrogen) atoms. The van der Waals surface area contributed by atoms with Gasteiger partial charge in [-0.05, 0) is 54.7 Å². The Morgan fingerprint density at radius 1 is 0.958 bits per heavy atom. The van der Waals surface area contributed by atoms with Crippen LogP contribution in [-0.2, 0) is 0 Å². The van der Waals surface area contributed by atoms with Crippen LogP contribution in [0.15, 0.2) is 47.6 Å². The zero-order chi connectivity index (χ0) is 17.4. The number of hydrazone groups is 1. The predicted molar refractivity (Wildman–Crippen MR) is 99.5 cm³/mol. The van der Waals surface area contributed by atoms with Crippen molar-refractivity contribution in [2.24, 2.45) is 5.10 Å². The topological polar surface area (TPSA) is 64.1 Å². The molecule has 7 heteroatoms. The van der Waals surface area contributed by atoms with Gasteiger partial charge in [0.05, 0.1) is 27.5 Å². The minimum Gasteiger partial charge on any atom is -0.497 e. The second-order valence-electron chi connectivity index (χ2n) is 4.66. The summed E-state index contributed by atoms with van der Waals surface area (Å²) in [4.78, 5) is 0. The Morgan fingerprint density at radius 2 is 1.62 bits per heavy atom. The average molecular weight is 345 g/mol. The van der Waals surface area contributed by atoms with E-state index in [0.717, 1.165) is 22.7 Å². The van der Waals surface area contributed by atoms with E-state index < -0.39 is 0 Å². The first-order chi connectivity index (χ1) is 11.7. The van der Waals surface area contributed by atoms with E-state index in [2.05, 4.69) is 15.8 Å². The van der Waals surface area contributed by atoms with Gasteiger partial charge >= 0.3 is 0 Å². The normalized spacial score (nSPS) is 10.3. The van der Waals surface area contributed by atoms with Crippen LogP contribution in [-0.4, -0.2) is 32.7 Å². The van der Waals surface area contributed by atoms with Crippen molar-refractivity contribution in [1.82, 2.24) is 5.43 Å². The Bertz CT molecular complexity index is 718. The largest absolute Gasteiger partial charge is 0.497 e.